The van der Waals surface area contributed by atoms with Gasteiger partial charge in [-0.25, -0.2) is 4.98 Å². The lowest BCUT2D eigenvalue weighted by Crippen LogP contribution is -2.15. The first-order valence-electron chi connectivity index (χ1n) is 6.69. The highest BCUT2D eigenvalue weighted by molar-refractivity contribution is 6.51. The maximum Gasteiger partial charge on any atom is 0.258 e. The molecule has 0 atom stereocenters. The quantitative estimate of drug-likeness (QED) is 0.788. The monoisotopic (exact) mass is 312 g/mol. The van der Waals surface area contributed by atoms with Crippen molar-refractivity contribution in [2.75, 3.05) is 0 Å². The zero-order valence-electron chi connectivity index (χ0n) is 11.8. The second-order valence-electron chi connectivity index (χ2n) is 5.00. The van der Waals surface area contributed by atoms with Crippen LogP contribution >= 0.6 is 11.6 Å². The number of aryl methyl sites for hydroxylation is 1. The second-order valence-corrected chi connectivity index (χ2v) is 5.41. The van der Waals surface area contributed by atoms with E-state index in [2.05, 4.69) is 4.98 Å². The van der Waals surface area contributed by atoms with Gasteiger partial charge in [0.05, 0.1) is 10.7 Å². The predicted octanol–water partition coefficient (Wildman–Crippen LogP) is 3.45. The molecule has 4 nitrogen and oxygen atoms in total. The first-order chi connectivity index (χ1) is 10.5. The van der Waals surface area contributed by atoms with E-state index in [4.69, 9.17) is 11.6 Å². The van der Waals surface area contributed by atoms with Crippen molar-refractivity contribution in [3.8, 4) is 5.75 Å². The van der Waals surface area contributed by atoms with Crippen molar-refractivity contribution in [2.24, 2.45) is 0 Å². The highest BCUT2D eigenvalue weighted by Crippen LogP contribution is 2.22. The van der Waals surface area contributed by atoms with Crippen molar-refractivity contribution >= 4 is 28.4 Å². The van der Waals surface area contributed by atoms with Crippen LogP contribution in [0.5, 0.6) is 5.75 Å². The molecule has 110 valence electrons. The molecule has 1 aromatic carbocycles. The Labute approximate surface area is 132 Å². The molecule has 1 N–H and O–H groups in total. The summed E-state index contributed by atoms with van der Waals surface area (Å²) in [7, 11) is 0. The van der Waals surface area contributed by atoms with Crippen LogP contribution in [0.1, 0.15) is 16.8 Å². The lowest BCUT2D eigenvalue weighted by Gasteiger charge is -2.04. The van der Waals surface area contributed by atoms with Gasteiger partial charge in [0.2, 0.25) is 0 Å². The number of aromatic nitrogens is 2. The summed E-state index contributed by atoms with van der Waals surface area (Å²) >= 11 is 6.27. The van der Waals surface area contributed by atoms with Gasteiger partial charge in [0.25, 0.3) is 5.56 Å². The van der Waals surface area contributed by atoms with Gasteiger partial charge in [-0.3, -0.25) is 9.20 Å². The molecule has 0 fully saturated rings. The minimum Gasteiger partial charge on any atom is -0.508 e. The van der Waals surface area contributed by atoms with E-state index >= 15 is 0 Å². The van der Waals surface area contributed by atoms with E-state index in [-0.39, 0.29) is 11.3 Å². The van der Waals surface area contributed by atoms with Gasteiger partial charge in [-0.15, -0.1) is 0 Å². The van der Waals surface area contributed by atoms with Crippen LogP contribution in [0.15, 0.2) is 53.5 Å². The van der Waals surface area contributed by atoms with E-state index < -0.39 is 0 Å². The topological polar surface area (TPSA) is 54.6 Å². The second kappa shape index (κ2) is 5.66. The summed E-state index contributed by atoms with van der Waals surface area (Å²) in [5, 5.41) is 9.81. The third-order valence-electron chi connectivity index (χ3n) is 3.22. The Bertz CT molecular complexity index is 945. The molecule has 5 heteroatoms. The predicted molar refractivity (Wildman–Crippen MR) is 88.0 cm³/mol. The van der Waals surface area contributed by atoms with Gasteiger partial charge in [-0.2, -0.15) is 0 Å². The summed E-state index contributed by atoms with van der Waals surface area (Å²) in [6.07, 6.45) is 3.40. The van der Waals surface area contributed by atoms with Crippen LogP contribution in [-0.4, -0.2) is 14.5 Å². The summed E-state index contributed by atoms with van der Waals surface area (Å²) in [5.74, 6) is 0.153. The Morgan fingerprint density at radius 1 is 1.27 bits per heavy atom. The molecule has 3 aromatic rings. The van der Waals surface area contributed by atoms with E-state index in [1.54, 1.807) is 42.6 Å². The number of phenolic OH excluding ortho intramolecular Hbond substituents is 1. The van der Waals surface area contributed by atoms with Crippen LogP contribution in [0.4, 0.5) is 0 Å². The third kappa shape index (κ3) is 2.87. The number of fused-ring (bicyclic) bond motifs is 1. The van der Waals surface area contributed by atoms with E-state index in [9.17, 15) is 9.90 Å². The normalized spacial score (nSPS) is 11.8. The number of hydrogen-bond donors (Lipinski definition) is 1. The van der Waals surface area contributed by atoms with Gasteiger partial charge in [0.15, 0.2) is 0 Å². The molecule has 0 bridgehead atoms. The molecule has 0 spiro atoms. The summed E-state index contributed by atoms with van der Waals surface area (Å²) < 4.78 is 1.48. The summed E-state index contributed by atoms with van der Waals surface area (Å²) in [5.41, 5.74) is 2.46. The van der Waals surface area contributed by atoms with E-state index in [0.29, 0.717) is 16.4 Å². The Kier molecular flexibility index (Phi) is 3.69. The van der Waals surface area contributed by atoms with E-state index in [1.807, 2.05) is 13.0 Å². The number of phenols is 1. The number of rotatable bonds is 2. The first-order valence-corrected chi connectivity index (χ1v) is 7.07. The van der Waals surface area contributed by atoms with Crippen LogP contribution in [0.25, 0.3) is 16.8 Å². The Balaban J connectivity index is 2.10. The van der Waals surface area contributed by atoms with Crippen molar-refractivity contribution in [3.63, 3.8) is 0 Å². The molecule has 0 aliphatic rings. The van der Waals surface area contributed by atoms with Crippen LogP contribution in [-0.2, 0) is 0 Å². The average Bonchev–Trinajstić information content (AvgIpc) is 2.48. The Morgan fingerprint density at radius 2 is 2.09 bits per heavy atom. The van der Waals surface area contributed by atoms with Crippen LogP contribution in [0.2, 0.25) is 0 Å². The largest absolute Gasteiger partial charge is 0.508 e. The van der Waals surface area contributed by atoms with Crippen LogP contribution < -0.4 is 5.56 Å². The number of halogens is 1. The fourth-order valence-electron chi connectivity index (χ4n) is 2.17. The smallest absolute Gasteiger partial charge is 0.258 e. The molecule has 0 amide bonds. The fourth-order valence-corrected chi connectivity index (χ4v) is 2.39. The molecule has 0 saturated carbocycles. The van der Waals surface area contributed by atoms with Crippen molar-refractivity contribution in [2.45, 2.75) is 6.92 Å². The summed E-state index contributed by atoms with van der Waals surface area (Å²) in [4.78, 5) is 16.6. The van der Waals surface area contributed by atoms with Crippen molar-refractivity contribution < 1.29 is 5.11 Å². The minimum absolute atomic E-state index is 0.153. The highest BCUT2D eigenvalue weighted by atomic mass is 35.5. The molecular formula is C17H13ClN2O2. The zero-order chi connectivity index (χ0) is 15.7. The summed E-state index contributed by atoms with van der Waals surface area (Å²) in [6.45, 7) is 1.91. The minimum atomic E-state index is -0.189. The standard InChI is InChI=1S/C17H13ClN2O2/c1-11-5-6-16-19-15(9-17(22)20(16)10-11)14(18)8-12-3-2-4-13(21)7-12/h2-10,21H,1H3/b14-8-. The lowest BCUT2D eigenvalue weighted by atomic mass is 10.2. The van der Waals surface area contributed by atoms with Gasteiger partial charge in [-0.05, 0) is 42.3 Å². The molecule has 22 heavy (non-hydrogen) atoms. The van der Waals surface area contributed by atoms with Gasteiger partial charge in [-0.1, -0.05) is 29.8 Å². The lowest BCUT2D eigenvalue weighted by molar-refractivity contribution is 0.475. The Morgan fingerprint density at radius 3 is 2.86 bits per heavy atom. The van der Waals surface area contributed by atoms with Crippen LogP contribution in [0.3, 0.4) is 0 Å². The van der Waals surface area contributed by atoms with Gasteiger partial charge in [0.1, 0.15) is 11.4 Å². The fraction of sp³-hybridized carbons (Fsp3) is 0.0588. The number of benzene rings is 1. The molecule has 0 saturated heterocycles. The van der Waals surface area contributed by atoms with Crippen LogP contribution in [0, 0.1) is 6.92 Å². The summed E-state index contributed by atoms with van der Waals surface area (Å²) in [6, 6.07) is 11.7. The third-order valence-corrected chi connectivity index (χ3v) is 3.52. The van der Waals surface area contributed by atoms with Crippen molar-refractivity contribution in [1.82, 2.24) is 9.38 Å². The number of aromatic hydroxyl groups is 1. The molecule has 0 radical (unpaired) electrons. The van der Waals surface area contributed by atoms with Gasteiger partial charge in [0, 0.05) is 12.3 Å². The number of pyridine rings is 1. The molecule has 2 heterocycles. The maximum atomic E-state index is 12.2. The maximum absolute atomic E-state index is 12.2. The highest BCUT2D eigenvalue weighted by Gasteiger charge is 2.06. The first kappa shape index (κ1) is 14.4. The Hall–Kier alpha value is -2.59. The van der Waals surface area contributed by atoms with E-state index in [0.717, 1.165) is 11.1 Å². The molecule has 0 aliphatic heterocycles. The average molecular weight is 313 g/mol. The van der Waals surface area contributed by atoms with E-state index in [1.165, 1.54) is 10.5 Å². The van der Waals surface area contributed by atoms with Crippen molar-refractivity contribution in [1.29, 1.82) is 0 Å². The molecule has 2 aromatic heterocycles. The molecule has 0 unspecified atom stereocenters. The molecule has 3 rings (SSSR count). The van der Waals surface area contributed by atoms with Gasteiger partial charge >= 0.3 is 0 Å². The number of nitrogens with zero attached hydrogens (tertiary/aromatic N) is 2. The molecular weight excluding hydrogens is 300 g/mol. The van der Waals surface area contributed by atoms with Crippen molar-refractivity contribution in [3.05, 3.63) is 75.8 Å². The zero-order valence-corrected chi connectivity index (χ0v) is 12.6. The van der Waals surface area contributed by atoms with Gasteiger partial charge < -0.3 is 5.11 Å². The molecule has 0 aliphatic carbocycles. The SMILES string of the molecule is Cc1ccc2nc(/C(Cl)=C/c3cccc(O)c3)cc(=O)n2c1. The number of hydrogen-bond acceptors (Lipinski definition) is 3.